The molecule has 0 radical (unpaired) electrons. The molecule has 2 unspecified atom stereocenters. The van der Waals surface area contributed by atoms with Gasteiger partial charge in [0.1, 0.15) is 5.60 Å². The van der Waals surface area contributed by atoms with E-state index in [-0.39, 0.29) is 0 Å². The fourth-order valence-corrected chi connectivity index (χ4v) is 3.00. The third kappa shape index (κ3) is 3.38. The summed E-state index contributed by atoms with van der Waals surface area (Å²) in [4.78, 5) is 4.62. The third-order valence-corrected chi connectivity index (χ3v) is 4.19. The zero-order valence-electron chi connectivity index (χ0n) is 13.1. The van der Waals surface area contributed by atoms with Gasteiger partial charge < -0.3 is 14.6 Å². The van der Waals surface area contributed by atoms with Crippen LogP contribution in [0.2, 0.25) is 0 Å². The summed E-state index contributed by atoms with van der Waals surface area (Å²) in [6.07, 6.45) is 6.08. The molecule has 5 heteroatoms. The predicted octanol–water partition coefficient (Wildman–Crippen LogP) is 2.98. The van der Waals surface area contributed by atoms with E-state index in [0.717, 1.165) is 12.3 Å². The van der Waals surface area contributed by atoms with Crippen molar-refractivity contribution >= 4 is 0 Å². The van der Waals surface area contributed by atoms with E-state index in [9.17, 15) is 0 Å². The van der Waals surface area contributed by atoms with Crippen molar-refractivity contribution in [2.24, 2.45) is 0 Å². The Morgan fingerprint density at radius 3 is 2.75 bits per heavy atom. The Labute approximate surface area is 121 Å². The second-order valence-electron chi connectivity index (χ2n) is 6.04. The maximum absolute atomic E-state index is 5.69. The predicted molar refractivity (Wildman–Crippen MR) is 77.6 cm³/mol. The lowest BCUT2D eigenvalue weighted by molar-refractivity contribution is -0.0221. The molecular weight excluding hydrogens is 254 g/mol. The van der Waals surface area contributed by atoms with E-state index in [1.807, 2.05) is 27.8 Å². The van der Waals surface area contributed by atoms with Crippen molar-refractivity contribution in [3.63, 3.8) is 0 Å². The van der Waals surface area contributed by atoms with Gasteiger partial charge in [0.05, 0.1) is 5.92 Å². The molecule has 0 bridgehead atoms. The number of nitrogens with one attached hydrogen (secondary N) is 1. The van der Waals surface area contributed by atoms with Gasteiger partial charge in [0, 0.05) is 12.6 Å². The maximum atomic E-state index is 5.69. The van der Waals surface area contributed by atoms with Crippen molar-refractivity contribution in [1.29, 1.82) is 0 Å². The van der Waals surface area contributed by atoms with E-state index in [2.05, 4.69) is 15.5 Å². The smallest absolute Gasteiger partial charge is 0.231 e. The highest BCUT2D eigenvalue weighted by atomic mass is 16.5. The first-order valence-electron chi connectivity index (χ1n) is 7.73. The van der Waals surface area contributed by atoms with Crippen molar-refractivity contribution in [2.45, 2.75) is 70.4 Å². The first kappa shape index (κ1) is 15.4. The molecule has 0 saturated heterocycles. The molecule has 2 rings (SSSR count). The van der Waals surface area contributed by atoms with Crippen molar-refractivity contribution in [2.75, 3.05) is 13.7 Å². The van der Waals surface area contributed by atoms with Crippen LogP contribution in [-0.2, 0) is 10.3 Å². The van der Waals surface area contributed by atoms with Gasteiger partial charge in [0.15, 0.2) is 0 Å². The molecule has 20 heavy (non-hydrogen) atoms. The summed E-state index contributed by atoms with van der Waals surface area (Å²) >= 11 is 0. The average molecular weight is 281 g/mol. The van der Waals surface area contributed by atoms with Gasteiger partial charge in [-0.25, -0.2) is 0 Å². The van der Waals surface area contributed by atoms with Crippen molar-refractivity contribution in [3.05, 3.63) is 11.7 Å². The highest BCUT2D eigenvalue weighted by molar-refractivity contribution is 5.04. The van der Waals surface area contributed by atoms with E-state index in [1.165, 1.54) is 25.7 Å². The molecule has 0 spiro atoms. The topological polar surface area (TPSA) is 60.2 Å². The largest absolute Gasteiger partial charge is 0.368 e. The Hall–Kier alpha value is -0.940. The van der Waals surface area contributed by atoms with Crippen LogP contribution >= 0.6 is 0 Å². The molecule has 1 heterocycles. The van der Waals surface area contributed by atoms with Gasteiger partial charge in [0.2, 0.25) is 11.7 Å². The maximum Gasteiger partial charge on any atom is 0.231 e. The summed E-state index contributed by atoms with van der Waals surface area (Å²) in [5.41, 5.74) is -0.490. The van der Waals surface area contributed by atoms with Crippen molar-refractivity contribution < 1.29 is 9.26 Å². The number of aromatic nitrogens is 2. The van der Waals surface area contributed by atoms with Gasteiger partial charge in [0.25, 0.3) is 0 Å². The minimum atomic E-state index is -0.490. The molecular formula is C15H27N3O2. The molecule has 1 aliphatic carbocycles. The molecule has 0 aliphatic heterocycles. The van der Waals surface area contributed by atoms with E-state index in [0.29, 0.717) is 24.4 Å². The minimum Gasteiger partial charge on any atom is -0.368 e. The van der Waals surface area contributed by atoms with Crippen molar-refractivity contribution in [1.82, 2.24) is 15.5 Å². The number of ether oxygens (including phenoxy) is 1. The van der Waals surface area contributed by atoms with Gasteiger partial charge in [-0.2, -0.15) is 4.98 Å². The zero-order valence-corrected chi connectivity index (χ0v) is 13.1. The molecule has 1 N–H and O–H groups in total. The summed E-state index contributed by atoms with van der Waals surface area (Å²) < 4.78 is 11.2. The third-order valence-electron chi connectivity index (χ3n) is 4.19. The Bertz CT molecular complexity index is 417. The first-order valence-corrected chi connectivity index (χ1v) is 7.73. The number of rotatable bonds is 5. The summed E-state index contributed by atoms with van der Waals surface area (Å²) in [5, 5.41) is 7.55. The van der Waals surface area contributed by atoms with Gasteiger partial charge in [-0.3, -0.25) is 0 Å². The van der Waals surface area contributed by atoms with Crippen LogP contribution in [0.25, 0.3) is 0 Å². The molecule has 0 aromatic carbocycles. The zero-order chi connectivity index (χ0) is 14.6. The van der Waals surface area contributed by atoms with Gasteiger partial charge in [-0.1, -0.05) is 24.4 Å². The second-order valence-corrected chi connectivity index (χ2v) is 6.04. The van der Waals surface area contributed by atoms with E-state index >= 15 is 0 Å². The Kier molecular flexibility index (Phi) is 5.16. The van der Waals surface area contributed by atoms with Crippen LogP contribution in [0.3, 0.4) is 0 Å². The van der Waals surface area contributed by atoms with Crippen LogP contribution in [-0.4, -0.2) is 29.8 Å². The second kappa shape index (κ2) is 6.68. The van der Waals surface area contributed by atoms with E-state index in [1.54, 1.807) is 0 Å². The quantitative estimate of drug-likeness (QED) is 0.841. The monoisotopic (exact) mass is 281 g/mol. The lowest BCUT2D eigenvalue weighted by Crippen LogP contribution is -2.31. The van der Waals surface area contributed by atoms with Crippen LogP contribution in [0.15, 0.2) is 4.52 Å². The SMILES string of the molecule is CCOC(C)(C)c1noc(C2CCCCCC2NC)n1. The van der Waals surface area contributed by atoms with E-state index in [4.69, 9.17) is 9.26 Å². The summed E-state index contributed by atoms with van der Waals surface area (Å²) in [7, 11) is 2.02. The summed E-state index contributed by atoms with van der Waals surface area (Å²) in [6, 6.07) is 0.431. The van der Waals surface area contributed by atoms with Crippen LogP contribution < -0.4 is 5.32 Å². The Balaban J connectivity index is 2.17. The highest BCUT2D eigenvalue weighted by Crippen LogP contribution is 2.32. The standard InChI is InChI=1S/C15H27N3O2/c1-5-19-15(2,3)14-17-13(20-18-14)11-9-7-6-8-10-12(11)16-4/h11-12,16H,5-10H2,1-4H3. The van der Waals surface area contributed by atoms with Crippen molar-refractivity contribution in [3.8, 4) is 0 Å². The molecule has 2 atom stereocenters. The van der Waals surface area contributed by atoms with Crippen LogP contribution in [0.5, 0.6) is 0 Å². The van der Waals surface area contributed by atoms with Crippen LogP contribution in [0.4, 0.5) is 0 Å². The normalized spacial score (nSPS) is 24.6. The lowest BCUT2D eigenvalue weighted by atomic mass is 9.94. The van der Waals surface area contributed by atoms with E-state index < -0.39 is 5.60 Å². The number of hydrogen-bond donors (Lipinski definition) is 1. The highest BCUT2D eigenvalue weighted by Gasteiger charge is 2.32. The number of hydrogen-bond acceptors (Lipinski definition) is 5. The Morgan fingerprint density at radius 1 is 1.30 bits per heavy atom. The first-order chi connectivity index (χ1) is 9.58. The van der Waals surface area contributed by atoms with Gasteiger partial charge in [-0.15, -0.1) is 0 Å². The number of likely N-dealkylation sites (N-methyl/N-ethyl adjacent to an activating group) is 1. The molecule has 1 aliphatic rings. The molecule has 1 aromatic heterocycles. The fourth-order valence-electron chi connectivity index (χ4n) is 3.00. The van der Waals surface area contributed by atoms with Gasteiger partial charge >= 0.3 is 0 Å². The average Bonchev–Trinajstić information content (AvgIpc) is 2.79. The lowest BCUT2D eigenvalue weighted by Gasteiger charge is -2.22. The van der Waals surface area contributed by atoms with Gasteiger partial charge in [-0.05, 0) is 40.7 Å². The molecule has 1 fully saturated rings. The minimum absolute atomic E-state index is 0.321. The molecule has 1 aromatic rings. The molecule has 114 valence electrons. The molecule has 1 saturated carbocycles. The number of nitrogens with zero attached hydrogens (tertiary/aromatic N) is 2. The van der Waals surface area contributed by atoms with Crippen LogP contribution in [0.1, 0.15) is 70.5 Å². The fraction of sp³-hybridized carbons (Fsp3) is 0.867. The molecule has 5 nitrogen and oxygen atoms in total. The summed E-state index contributed by atoms with van der Waals surface area (Å²) in [6.45, 7) is 6.58. The summed E-state index contributed by atoms with van der Waals surface area (Å²) in [5.74, 6) is 1.73. The van der Waals surface area contributed by atoms with Crippen LogP contribution in [0, 0.1) is 0 Å². The molecule has 0 amide bonds. The Morgan fingerprint density at radius 2 is 2.05 bits per heavy atom.